The highest BCUT2D eigenvalue weighted by Gasteiger charge is 2.19. The molecule has 0 unspecified atom stereocenters. The van der Waals surface area contributed by atoms with Gasteiger partial charge in [-0.1, -0.05) is 0 Å². The molecule has 6 nitrogen and oxygen atoms in total. The summed E-state index contributed by atoms with van der Waals surface area (Å²) in [4.78, 5) is 4.11. The van der Waals surface area contributed by atoms with Crippen molar-refractivity contribution in [2.75, 3.05) is 11.8 Å². The summed E-state index contributed by atoms with van der Waals surface area (Å²) in [5, 5.41) is 0. The zero-order chi connectivity index (χ0) is 17.9. The van der Waals surface area contributed by atoms with Crippen LogP contribution in [0.2, 0.25) is 0 Å². The molecular formula is C16H13BrN2O4S2. The third kappa shape index (κ3) is 4.30. The van der Waals surface area contributed by atoms with Crippen molar-refractivity contribution in [1.82, 2.24) is 4.98 Å². The molecule has 0 bridgehead atoms. The van der Waals surface area contributed by atoms with Gasteiger partial charge in [-0.3, -0.25) is 4.72 Å². The summed E-state index contributed by atoms with van der Waals surface area (Å²) in [6.45, 7) is 0. The van der Waals surface area contributed by atoms with Crippen molar-refractivity contribution in [3.8, 4) is 17.4 Å². The Labute approximate surface area is 157 Å². The molecule has 1 N–H and O–H groups in total. The monoisotopic (exact) mass is 440 g/mol. The van der Waals surface area contributed by atoms with Crippen LogP contribution in [-0.2, 0) is 10.0 Å². The van der Waals surface area contributed by atoms with Gasteiger partial charge < -0.3 is 9.47 Å². The molecule has 1 aromatic carbocycles. The summed E-state index contributed by atoms with van der Waals surface area (Å²) in [5.74, 6) is 1.36. The maximum Gasteiger partial charge on any atom is 0.271 e. The topological polar surface area (TPSA) is 77.5 Å². The lowest BCUT2D eigenvalue weighted by Gasteiger charge is -2.11. The fraction of sp³-hybridized carbons (Fsp3) is 0.0625. The Morgan fingerprint density at radius 2 is 1.80 bits per heavy atom. The number of aromatic nitrogens is 1. The molecule has 0 amide bonds. The van der Waals surface area contributed by atoms with Gasteiger partial charge in [-0.25, -0.2) is 13.4 Å². The van der Waals surface area contributed by atoms with Gasteiger partial charge in [-0.15, -0.1) is 11.3 Å². The average Bonchev–Trinajstić information content (AvgIpc) is 3.05. The van der Waals surface area contributed by atoms with Gasteiger partial charge in [-0.05, 0) is 64.5 Å². The summed E-state index contributed by atoms with van der Waals surface area (Å²) in [5.41, 5.74) is 0.253. The maximum absolute atomic E-state index is 12.5. The number of methoxy groups -OCH3 is 1. The molecule has 2 aromatic heterocycles. The fourth-order valence-corrected chi connectivity index (χ4v) is 5.01. The number of sulfonamides is 1. The Morgan fingerprint density at radius 3 is 2.44 bits per heavy atom. The first kappa shape index (κ1) is 17.7. The summed E-state index contributed by atoms with van der Waals surface area (Å²) in [6, 6.07) is 13.3. The molecule has 130 valence electrons. The van der Waals surface area contributed by atoms with Crippen molar-refractivity contribution in [3.05, 3.63) is 58.5 Å². The summed E-state index contributed by atoms with van der Waals surface area (Å²) >= 11 is 4.38. The molecule has 0 saturated carbocycles. The molecule has 0 aliphatic heterocycles. The third-order valence-corrected chi connectivity index (χ3v) is 6.58. The SMILES string of the molecule is COc1ccc(Oc2ncccc2NS(=O)(=O)c2ccc(Br)s2)cc1. The number of hydrogen-bond donors (Lipinski definition) is 1. The van der Waals surface area contributed by atoms with Gasteiger partial charge in [0.2, 0.25) is 5.88 Å². The number of ether oxygens (including phenoxy) is 2. The number of hydrogen-bond acceptors (Lipinski definition) is 6. The molecule has 25 heavy (non-hydrogen) atoms. The number of rotatable bonds is 6. The summed E-state index contributed by atoms with van der Waals surface area (Å²) in [6.07, 6.45) is 1.53. The second-order valence-corrected chi connectivity index (χ2v) is 9.17. The molecule has 9 heteroatoms. The van der Waals surface area contributed by atoms with E-state index in [9.17, 15) is 8.42 Å². The quantitative estimate of drug-likeness (QED) is 0.609. The lowest BCUT2D eigenvalue weighted by Crippen LogP contribution is -2.12. The largest absolute Gasteiger partial charge is 0.497 e. The van der Waals surface area contributed by atoms with Gasteiger partial charge in [-0.2, -0.15) is 0 Å². The standard InChI is InChI=1S/C16H13BrN2O4S2/c1-22-11-4-6-12(7-5-11)23-16-13(3-2-10-18-16)19-25(20,21)15-9-8-14(17)24-15/h2-10,19H,1H3. The van der Waals surface area contributed by atoms with Crippen molar-refractivity contribution in [1.29, 1.82) is 0 Å². The molecule has 3 rings (SSSR count). The van der Waals surface area contributed by atoms with Crippen molar-refractivity contribution in [2.24, 2.45) is 0 Å². The first-order valence-corrected chi connectivity index (χ1v) is 10.1. The summed E-state index contributed by atoms with van der Waals surface area (Å²) in [7, 11) is -2.15. The van der Waals surface area contributed by atoms with E-state index in [2.05, 4.69) is 25.6 Å². The molecule has 0 spiro atoms. The first-order valence-electron chi connectivity index (χ1n) is 7.03. The van der Waals surface area contributed by atoms with Crippen LogP contribution >= 0.6 is 27.3 Å². The van der Waals surface area contributed by atoms with E-state index in [1.807, 2.05) is 0 Å². The average molecular weight is 441 g/mol. The van der Waals surface area contributed by atoms with Crippen molar-refractivity contribution >= 4 is 43.0 Å². The van der Waals surface area contributed by atoms with Crippen molar-refractivity contribution in [3.63, 3.8) is 0 Å². The first-order chi connectivity index (χ1) is 12.0. The number of halogens is 1. The third-order valence-electron chi connectivity index (χ3n) is 3.10. The normalized spacial score (nSPS) is 11.1. The zero-order valence-electron chi connectivity index (χ0n) is 13.0. The number of nitrogens with one attached hydrogen (secondary N) is 1. The lowest BCUT2D eigenvalue weighted by atomic mass is 10.3. The molecule has 2 heterocycles. The zero-order valence-corrected chi connectivity index (χ0v) is 16.2. The second kappa shape index (κ2) is 7.42. The Hall–Kier alpha value is -2.10. The highest BCUT2D eigenvalue weighted by atomic mass is 79.9. The van der Waals surface area contributed by atoms with E-state index in [-0.39, 0.29) is 15.8 Å². The van der Waals surface area contributed by atoms with Gasteiger partial charge in [0.05, 0.1) is 10.9 Å². The van der Waals surface area contributed by atoms with E-state index in [1.165, 1.54) is 12.3 Å². The lowest BCUT2D eigenvalue weighted by molar-refractivity contribution is 0.412. The maximum atomic E-state index is 12.5. The molecule has 0 atom stereocenters. The van der Waals surface area contributed by atoms with Crippen LogP contribution in [0.5, 0.6) is 17.4 Å². The highest BCUT2D eigenvalue weighted by Crippen LogP contribution is 2.32. The molecule has 0 radical (unpaired) electrons. The van der Waals surface area contributed by atoms with Gasteiger partial charge >= 0.3 is 0 Å². The molecule has 3 aromatic rings. The van der Waals surface area contributed by atoms with Crippen LogP contribution in [0.15, 0.2) is 62.7 Å². The minimum Gasteiger partial charge on any atom is -0.497 e. The van der Waals surface area contributed by atoms with Gasteiger partial charge in [0.15, 0.2) is 0 Å². The van der Waals surface area contributed by atoms with Crippen LogP contribution < -0.4 is 14.2 Å². The number of benzene rings is 1. The van der Waals surface area contributed by atoms with Crippen LogP contribution in [0.4, 0.5) is 5.69 Å². The minimum absolute atomic E-state index is 0.159. The molecular weight excluding hydrogens is 428 g/mol. The van der Waals surface area contributed by atoms with Gasteiger partial charge in [0.1, 0.15) is 21.4 Å². The Bertz CT molecular complexity index is 972. The number of thiophene rings is 1. The smallest absolute Gasteiger partial charge is 0.271 e. The molecule has 0 aliphatic rings. The molecule has 0 saturated heterocycles. The van der Waals surface area contributed by atoms with Crippen LogP contribution in [-0.4, -0.2) is 20.5 Å². The van der Waals surface area contributed by atoms with E-state index < -0.39 is 10.0 Å². The Kier molecular flexibility index (Phi) is 5.26. The minimum atomic E-state index is -3.72. The number of nitrogens with zero attached hydrogens (tertiary/aromatic N) is 1. The van der Waals surface area contributed by atoms with Crippen LogP contribution in [0.1, 0.15) is 0 Å². The molecule has 0 aliphatic carbocycles. The van der Waals surface area contributed by atoms with Crippen LogP contribution in [0.3, 0.4) is 0 Å². The number of pyridine rings is 1. The summed E-state index contributed by atoms with van der Waals surface area (Å²) < 4.78 is 39.2. The van der Waals surface area contributed by atoms with Crippen molar-refractivity contribution in [2.45, 2.75) is 4.21 Å². The Balaban J connectivity index is 1.85. The van der Waals surface area contributed by atoms with E-state index in [0.29, 0.717) is 11.5 Å². The van der Waals surface area contributed by atoms with Crippen molar-refractivity contribution < 1.29 is 17.9 Å². The molecule has 0 fully saturated rings. The van der Waals surface area contributed by atoms with Crippen LogP contribution in [0, 0.1) is 0 Å². The van der Waals surface area contributed by atoms with E-state index >= 15 is 0 Å². The van der Waals surface area contributed by atoms with E-state index in [0.717, 1.165) is 15.1 Å². The van der Waals surface area contributed by atoms with Crippen LogP contribution in [0.25, 0.3) is 0 Å². The fourth-order valence-electron chi connectivity index (χ4n) is 1.94. The van der Waals surface area contributed by atoms with Gasteiger partial charge in [0.25, 0.3) is 10.0 Å². The Morgan fingerprint density at radius 1 is 1.08 bits per heavy atom. The van der Waals surface area contributed by atoms with Gasteiger partial charge in [0, 0.05) is 6.20 Å². The van der Waals surface area contributed by atoms with E-state index in [4.69, 9.17) is 9.47 Å². The second-order valence-electron chi connectivity index (χ2n) is 4.80. The highest BCUT2D eigenvalue weighted by molar-refractivity contribution is 9.11. The number of anilines is 1. The predicted octanol–water partition coefficient (Wildman–Crippen LogP) is 4.51. The van der Waals surface area contributed by atoms with E-state index in [1.54, 1.807) is 49.6 Å². The predicted molar refractivity (Wildman–Crippen MR) is 100 cm³/mol.